The van der Waals surface area contributed by atoms with Gasteiger partial charge >= 0.3 is 23.2 Å². The summed E-state index contributed by atoms with van der Waals surface area (Å²) in [5, 5.41) is 54.4. The van der Waals surface area contributed by atoms with Crippen LogP contribution in [-0.2, 0) is 50.7 Å². The molecule has 3 unspecified atom stereocenters. The Kier molecular flexibility index (Phi) is 13.7. The molecule has 3 aliphatic heterocycles. The largest absolute Gasteiger partial charge is 0.472 e. The molecule has 0 saturated carbocycles. The zero-order chi connectivity index (χ0) is 50.0. The van der Waals surface area contributed by atoms with E-state index in [-0.39, 0.29) is 50.9 Å². The lowest BCUT2D eigenvalue weighted by atomic mass is 10.1. The molecule has 0 aromatic carbocycles. The molecule has 9 rings (SSSR count). The molecular formula is C32H42N15O20P3. The van der Waals surface area contributed by atoms with Crippen LogP contribution in [0.4, 0.5) is 17.5 Å². The molecule has 0 aliphatic carbocycles. The molecule has 15 N–H and O–H groups in total. The fraction of sp³-hybridized carbons (Fsp3) is 0.531. The number of nitrogens with zero attached hydrogens (tertiary/aromatic N) is 12. The summed E-state index contributed by atoms with van der Waals surface area (Å²) in [6.45, 7) is -3.48. The third-order valence-electron chi connectivity index (χ3n) is 11.2. The van der Waals surface area contributed by atoms with E-state index < -0.39 is 129 Å². The van der Waals surface area contributed by atoms with E-state index in [1.807, 2.05) is 0 Å². The fourth-order valence-electron chi connectivity index (χ4n) is 7.74. The Bertz CT molecular complexity index is 3020. The van der Waals surface area contributed by atoms with Crippen molar-refractivity contribution in [3.8, 4) is 0 Å². The van der Waals surface area contributed by atoms with Gasteiger partial charge in [-0.15, -0.1) is 0 Å². The van der Waals surface area contributed by atoms with Crippen LogP contribution < -0.4 is 17.2 Å². The molecule has 9 heterocycles. The summed E-state index contributed by atoms with van der Waals surface area (Å²) < 4.78 is 86.5. The maximum absolute atomic E-state index is 13.7. The molecule has 0 bridgehead atoms. The first kappa shape index (κ1) is 50.0. The monoisotopic (exact) mass is 1050 g/mol. The average molecular weight is 1050 g/mol. The maximum atomic E-state index is 13.7. The summed E-state index contributed by atoms with van der Waals surface area (Å²) in [7, 11) is -15.8. The smallest absolute Gasteiger partial charge is 0.387 e. The van der Waals surface area contributed by atoms with Crippen molar-refractivity contribution < 1.29 is 95.8 Å². The number of fused-ring (bicyclic) bond motifs is 3. The third-order valence-corrected chi connectivity index (χ3v) is 14.1. The van der Waals surface area contributed by atoms with E-state index in [1.165, 1.54) is 10.9 Å². The molecule has 6 aromatic heterocycles. The predicted molar refractivity (Wildman–Crippen MR) is 225 cm³/mol. The van der Waals surface area contributed by atoms with Crippen molar-refractivity contribution in [3.05, 3.63) is 38.0 Å². The summed E-state index contributed by atoms with van der Waals surface area (Å²) in [6, 6.07) is 0. The van der Waals surface area contributed by atoms with E-state index in [9.17, 15) is 58.8 Å². The Morgan fingerprint density at radius 2 is 0.914 bits per heavy atom. The van der Waals surface area contributed by atoms with E-state index >= 15 is 0 Å². The van der Waals surface area contributed by atoms with Crippen molar-refractivity contribution in [2.75, 3.05) is 43.6 Å². The summed E-state index contributed by atoms with van der Waals surface area (Å²) in [5.41, 5.74) is 18.1. The van der Waals surface area contributed by atoms with Crippen LogP contribution in [0.3, 0.4) is 0 Å². The Balaban J connectivity index is 0.910. The second-order valence-electron chi connectivity index (χ2n) is 15.7. The van der Waals surface area contributed by atoms with Gasteiger partial charge in [0.2, 0.25) is 0 Å². The van der Waals surface area contributed by atoms with Gasteiger partial charge in [-0.25, -0.2) is 54.0 Å². The first-order valence-corrected chi connectivity index (χ1v) is 24.9. The van der Waals surface area contributed by atoms with Gasteiger partial charge in [0.15, 0.2) is 58.9 Å². The lowest BCUT2D eigenvalue weighted by Crippen LogP contribution is -2.37. The number of rotatable bonds is 18. The molecule has 38 heteroatoms. The predicted octanol–water partition coefficient (Wildman–Crippen LogP) is -4.09. The number of ether oxygens (including phenoxy) is 4. The van der Waals surface area contributed by atoms with Crippen LogP contribution in [0.2, 0.25) is 0 Å². The minimum atomic E-state index is -5.43. The standard InChI is InChI=1S/C32H42N15O20P3/c33-24-15-27(39-5-36-24)45(8-42-15)30-21(52)18(49)12(63-30)2-61-69(56,57)67-23-20(51)13(65-32(23)47-10-44-17-26(35)38-7-41-29(17)47)3-62-70(58,59)66-22-19(50)11(1-60-4-14(48)68(53,54)55)64-31(22)46-9-43-16-25(34)37-6-40-28(16)46/h5-14,18-23,30-32,48-52H,1-4H2,(H,56,57)(H,58,59)(H2,33,36,39)(H2,34,37,40)(H2,35,38,41)(H2,53,54,55)/t11-,12-,13-,14?,18-,19-,20-,21-,22-,23-,30-,31-,32-/m1/s1. The lowest BCUT2D eigenvalue weighted by Gasteiger charge is -2.25. The Morgan fingerprint density at radius 3 is 1.33 bits per heavy atom. The Hall–Kier alpha value is -4.94. The molecule has 6 aromatic rings. The van der Waals surface area contributed by atoms with Gasteiger partial charge in [-0.2, -0.15) is 0 Å². The van der Waals surface area contributed by atoms with Crippen molar-refractivity contribution in [2.24, 2.45) is 0 Å². The van der Waals surface area contributed by atoms with Gasteiger partial charge < -0.3 is 81.3 Å². The Morgan fingerprint density at radius 1 is 0.543 bits per heavy atom. The quantitative estimate of drug-likeness (QED) is 0.0364. The normalized spacial score (nSPS) is 30.6. The van der Waals surface area contributed by atoms with Crippen molar-refractivity contribution in [3.63, 3.8) is 0 Å². The van der Waals surface area contributed by atoms with Crippen molar-refractivity contribution >= 4 is 74.2 Å². The van der Waals surface area contributed by atoms with Gasteiger partial charge in [-0.3, -0.25) is 36.4 Å². The molecule has 0 spiro atoms. The summed E-state index contributed by atoms with van der Waals surface area (Å²) >= 11 is 0. The van der Waals surface area contributed by atoms with E-state index in [2.05, 4.69) is 44.9 Å². The summed E-state index contributed by atoms with van der Waals surface area (Å²) in [6.07, 6.45) is -13.5. The van der Waals surface area contributed by atoms with Crippen LogP contribution in [0.5, 0.6) is 0 Å². The van der Waals surface area contributed by atoms with Crippen LogP contribution in [0.1, 0.15) is 18.7 Å². The maximum Gasteiger partial charge on any atom is 0.472 e. The Labute approximate surface area is 389 Å². The highest BCUT2D eigenvalue weighted by Crippen LogP contribution is 2.53. The van der Waals surface area contributed by atoms with Crippen molar-refractivity contribution in [2.45, 2.75) is 79.5 Å². The highest BCUT2D eigenvalue weighted by atomic mass is 31.2. The van der Waals surface area contributed by atoms with Crippen molar-refractivity contribution in [1.82, 2.24) is 58.6 Å². The summed E-state index contributed by atoms with van der Waals surface area (Å²) in [4.78, 5) is 76.8. The second kappa shape index (κ2) is 19.2. The van der Waals surface area contributed by atoms with Gasteiger partial charge in [0.05, 0.1) is 45.4 Å². The fourth-order valence-corrected chi connectivity index (χ4v) is 9.91. The number of aromatic nitrogens is 12. The van der Waals surface area contributed by atoms with Crippen LogP contribution in [0.25, 0.3) is 33.5 Å². The molecule has 0 radical (unpaired) electrons. The number of phosphoric ester groups is 2. The third kappa shape index (κ3) is 9.72. The SMILES string of the molecule is Nc1ncnc2c1ncn2[C@@H]1O[C@H](COP(=O)(O)O[C@@H]2[C@H](O)[C@@H](COP(=O)(O)O[C@@H]3[C@H](O)[C@@H](COCC(O)P(=O)(O)O)O[C@H]3n3cnc4c(N)ncnc43)O[C@H]2n2cnc3c(N)ncnc32)[C@@H](O)[C@H]1O. The molecule has 3 saturated heterocycles. The molecule has 380 valence electrons. The highest BCUT2D eigenvalue weighted by molar-refractivity contribution is 7.52. The average Bonchev–Trinajstić information content (AvgIpc) is 4.17. The van der Waals surface area contributed by atoms with Gasteiger partial charge in [-0.05, 0) is 0 Å². The molecule has 15 atom stereocenters. The molecule has 70 heavy (non-hydrogen) atoms. The van der Waals surface area contributed by atoms with E-state index in [1.54, 1.807) is 0 Å². The number of phosphoric acid groups is 2. The number of imidazole rings is 3. The minimum absolute atomic E-state index is 0.00711. The van der Waals surface area contributed by atoms with Gasteiger partial charge in [0.25, 0.3) is 0 Å². The van der Waals surface area contributed by atoms with Gasteiger partial charge in [-0.1, -0.05) is 0 Å². The molecule has 35 nitrogen and oxygen atoms in total. The molecule has 3 fully saturated rings. The van der Waals surface area contributed by atoms with Crippen LogP contribution in [0.15, 0.2) is 38.0 Å². The lowest BCUT2D eigenvalue weighted by molar-refractivity contribution is -0.0728. The van der Waals surface area contributed by atoms with Gasteiger partial charge in [0.1, 0.15) is 90.5 Å². The highest BCUT2D eigenvalue weighted by Gasteiger charge is 2.53. The second-order valence-corrected chi connectivity index (χ2v) is 20.3. The zero-order valence-corrected chi connectivity index (χ0v) is 37.9. The molecule has 0 amide bonds. The topological polar surface area (TPSA) is 516 Å². The minimum Gasteiger partial charge on any atom is -0.387 e. The molecule has 3 aliphatic rings. The van der Waals surface area contributed by atoms with Crippen LogP contribution in [-0.4, -0.2) is 191 Å². The number of nitrogens with two attached hydrogens (primary N) is 3. The van der Waals surface area contributed by atoms with Crippen molar-refractivity contribution in [1.29, 1.82) is 0 Å². The first-order valence-electron chi connectivity index (χ1n) is 20.2. The van der Waals surface area contributed by atoms with E-state index in [0.29, 0.717) is 0 Å². The number of nitrogen functional groups attached to an aromatic ring is 3. The zero-order valence-electron chi connectivity index (χ0n) is 35.3. The molecular weight excluding hydrogens is 1010 g/mol. The van der Waals surface area contributed by atoms with E-state index in [4.69, 9.17) is 54.2 Å². The number of aliphatic hydroxyl groups excluding tert-OH is 5. The van der Waals surface area contributed by atoms with Gasteiger partial charge in [0, 0.05) is 0 Å². The van der Waals surface area contributed by atoms with Crippen LogP contribution >= 0.6 is 23.2 Å². The first-order chi connectivity index (χ1) is 33.1. The number of hydrogen-bond acceptors (Lipinski definition) is 28. The van der Waals surface area contributed by atoms with E-state index in [0.717, 1.165) is 40.8 Å². The summed E-state index contributed by atoms with van der Waals surface area (Å²) in [5.74, 6) is -2.37. The number of hydrogen-bond donors (Lipinski definition) is 12. The van der Waals surface area contributed by atoms with Crippen LogP contribution in [0, 0.1) is 0 Å². The number of aliphatic hydroxyl groups is 5. The number of anilines is 3.